The van der Waals surface area contributed by atoms with Crippen LogP contribution in [0.5, 0.6) is 0 Å². The van der Waals surface area contributed by atoms with Crippen molar-refractivity contribution in [2.75, 3.05) is 19.8 Å². The first-order valence-corrected chi connectivity index (χ1v) is 12.0. The minimum absolute atomic E-state index is 0.0140. The van der Waals surface area contributed by atoms with E-state index in [2.05, 4.69) is 13.8 Å². The molecule has 4 rings (SSSR count). The maximum atomic E-state index is 13.8. The molecule has 6 nitrogen and oxygen atoms in total. The van der Waals surface area contributed by atoms with Gasteiger partial charge in [0, 0.05) is 17.3 Å². The molecule has 0 radical (unpaired) electrons. The quantitative estimate of drug-likeness (QED) is 0.457. The van der Waals surface area contributed by atoms with Gasteiger partial charge in [-0.25, -0.2) is 0 Å². The lowest BCUT2D eigenvalue weighted by atomic mass is 9.41. The summed E-state index contributed by atoms with van der Waals surface area (Å²) in [7, 11) is 0. The Hall–Kier alpha value is -0.530. The van der Waals surface area contributed by atoms with Crippen molar-refractivity contribution < 1.29 is 30.3 Å². The number of carbonyl (C=O) groups excluding carboxylic acids is 1. The molecular formula is C24H40O6. The number of hydrogen-bond acceptors (Lipinski definition) is 6. The van der Waals surface area contributed by atoms with E-state index in [0.29, 0.717) is 12.8 Å². The van der Waals surface area contributed by atoms with Gasteiger partial charge in [-0.05, 0) is 67.1 Å². The number of rotatable bonds is 5. The second kappa shape index (κ2) is 7.80. The lowest BCUT2D eigenvalue weighted by molar-refractivity contribution is -0.202. The largest absolute Gasteiger partial charge is 0.396 e. The number of carbonyl (C=O) groups is 1. The molecule has 4 unspecified atom stereocenters. The molecule has 4 aliphatic rings. The first kappa shape index (κ1) is 22.7. The Kier molecular flexibility index (Phi) is 5.89. The van der Waals surface area contributed by atoms with Crippen LogP contribution in [0.3, 0.4) is 0 Å². The molecule has 6 heteroatoms. The smallest absolute Gasteiger partial charge is 0.142 e. The van der Waals surface area contributed by atoms with Gasteiger partial charge in [0.15, 0.2) is 0 Å². The van der Waals surface area contributed by atoms with Crippen LogP contribution in [0.2, 0.25) is 0 Å². The molecule has 4 saturated carbocycles. The highest BCUT2D eigenvalue weighted by Crippen LogP contribution is 2.71. The molecule has 0 amide bonds. The number of hydrogen-bond donors (Lipinski definition) is 5. The fourth-order valence-electron chi connectivity index (χ4n) is 9.20. The average Bonchev–Trinajstić information content (AvgIpc) is 3.07. The van der Waals surface area contributed by atoms with Crippen LogP contribution in [0, 0.1) is 45.8 Å². The number of aliphatic hydroxyl groups excluding tert-OH is 5. The molecule has 0 aromatic heterocycles. The number of ketones is 1. The monoisotopic (exact) mass is 424 g/mol. The van der Waals surface area contributed by atoms with Crippen molar-refractivity contribution in [2.45, 2.75) is 77.4 Å². The van der Waals surface area contributed by atoms with E-state index in [-0.39, 0.29) is 47.4 Å². The van der Waals surface area contributed by atoms with E-state index in [0.717, 1.165) is 32.1 Å². The van der Waals surface area contributed by atoms with Gasteiger partial charge in [0.1, 0.15) is 5.78 Å². The van der Waals surface area contributed by atoms with Gasteiger partial charge >= 0.3 is 0 Å². The zero-order valence-electron chi connectivity index (χ0n) is 18.5. The third-order valence-electron chi connectivity index (χ3n) is 10.7. The lowest BCUT2D eigenvalue weighted by Gasteiger charge is -2.63. The van der Waals surface area contributed by atoms with E-state index >= 15 is 0 Å². The summed E-state index contributed by atoms with van der Waals surface area (Å²) in [4.78, 5) is 13.8. The van der Waals surface area contributed by atoms with Crippen molar-refractivity contribution in [1.82, 2.24) is 0 Å². The third kappa shape index (κ3) is 2.70. The molecule has 172 valence electrons. The highest BCUT2D eigenvalue weighted by atomic mass is 16.3. The van der Waals surface area contributed by atoms with Crippen LogP contribution in [-0.2, 0) is 4.79 Å². The van der Waals surface area contributed by atoms with E-state index in [1.54, 1.807) is 0 Å². The number of fused-ring (bicyclic) bond motifs is 5. The van der Waals surface area contributed by atoms with E-state index in [1.165, 1.54) is 6.42 Å². The van der Waals surface area contributed by atoms with Gasteiger partial charge in [0.2, 0.25) is 0 Å². The van der Waals surface area contributed by atoms with Gasteiger partial charge < -0.3 is 25.5 Å². The third-order valence-corrected chi connectivity index (χ3v) is 10.7. The molecule has 0 saturated heterocycles. The molecule has 4 aliphatic carbocycles. The molecule has 0 aromatic rings. The van der Waals surface area contributed by atoms with Gasteiger partial charge in [0.25, 0.3) is 0 Å². The van der Waals surface area contributed by atoms with Crippen LogP contribution in [0.1, 0.15) is 65.2 Å². The van der Waals surface area contributed by atoms with Crippen molar-refractivity contribution in [3.8, 4) is 0 Å². The molecule has 0 aromatic carbocycles. The van der Waals surface area contributed by atoms with Crippen molar-refractivity contribution in [3.63, 3.8) is 0 Å². The Bertz CT molecular complexity index is 656. The van der Waals surface area contributed by atoms with Crippen molar-refractivity contribution in [1.29, 1.82) is 0 Å². The van der Waals surface area contributed by atoms with Crippen LogP contribution in [0.4, 0.5) is 0 Å². The predicted molar refractivity (Wildman–Crippen MR) is 111 cm³/mol. The Morgan fingerprint density at radius 2 is 1.50 bits per heavy atom. The molecule has 0 heterocycles. The summed E-state index contributed by atoms with van der Waals surface area (Å²) < 4.78 is 0. The minimum atomic E-state index is -1.14. The first-order chi connectivity index (χ1) is 14.2. The zero-order chi connectivity index (χ0) is 21.9. The fraction of sp³-hybridized carbons (Fsp3) is 0.958. The number of aliphatic hydroxyl groups is 5. The molecule has 0 spiro atoms. The van der Waals surface area contributed by atoms with Crippen molar-refractivity contribution in [2.24, 2.45) is 45.8 Å². The summed E-state index contributed by atoms with van der Waals surface area (Å²) in [6.07, 6.45) is 4.91. The Balaban J connectivity index is 1.78. The SMILES string of the molecule is C[C@]12CCCCC1C(CO)C(=O)[C@@H]1[C@H]2CC[C@@]2(C)[C@H]1CCC2(C(O)CO)C(O)CO. The molecule has 0 bridgehead atoms. The topological polar surface area (TPSA) is 118 Å². The second-order valence-corrected chi connectivity index (χ2v) is 11.2. The maximum Gasteiger partial charge on any atom is 0.142 e. The maximum absolute atomic E-state index is 13.8. The summed E-state index contributed by atoms with van der Waals surface area (Å²) in [5.74, 6) is 0.171. The molecular weight excluding hydrogens is 384 g/mol. The van der Waals surface area contributed by atoms with Crippen molar-refractivity contribution >= 4 is 5.78 Å². The van der Waals surface area contributed by atoms with Crippen LogP contribution >= 0.6 is 0 Å². The van der Waals surface area contributed by atoms with Crippen LogP contribution in [0.25, 0.3) is 0 Å². The normalized spacial score (nSPS) is 50.4. The van der Waals surface area contributed by atoms with Gasteiger partial charge in [-0.3, -0.25) is 4.79 Å². The Labute approximate surface area is 179 Å². The van der Waals surface area contributed by atoms with Gasteiger partial charge in [-0.2, -0.15) is 0 Å². The van der Waals surface area contributed by atoms with E-state index < -0.39 is 36.3 Å². The van der Waals surface area contributed by atoms with Crippen molar-refractivity contribution in [3.05, 3.63) is 0 Å². The first-order valence-electron chi connectivity index (χ1n) is 12.0. The highest BCUT2D eigenvalue weighted by Gasteiger charge is 2.70. The lowest BCUT2D eigenvalue weighted by Crippen LogP contribution is -2.64. The summed E-state index contributed by atoms with van der Waals surface area (Å²) in [6, 6.07) is 0. The van der Waals surface area contributed by atoms with E-state index in [4.69, 9.17) is 0 Å². The molecule has 0 aliphatic heterocycles. The van der Waals surface area contributed by atoms with E-state index in [9.17, 15) is 30.3 Å². The van der Waals surface area contributed by atoms with E-state index in [1.807, 2.05) is 0 Å². The fourth-order valence-corrected chi connectivity index (χ4v) is 9.20. The summed E-state index contributed by atoms with van der Waals surface area (Å²) in [5, 5.41) is 51.6. The standard InChI is InChI=1S/C24H40O6/c1-22-8-4-3-5-15(22)14(11-25)21(30)20-16(22)6-9-23(2)17(20)7-10-24(23,18(28)12-26)19(29)13-27/h14-20,25-29H,3-13H2,1-2H3/t14?,15?,16-,17+,18?,19?,20-,22+,23+,24?/m1/s1. The molecule has 30 heavy (non-hydrogen) atoms. The van der Waals surface area contributed by atoms with Gasteiger partial charge in [0.05, 0.1) is 32.0 Å². The van der Waals surface area contributed by atoms with Crippen LogP contribution in [0.15, 0.2) is 0 Å². The zero-order valence-corrected chi connectivity index (χ0v) is 18.5. The van der Waals surface area contributed by atoms with Gasteiger partial charge in [-0.1, -0.05) is 26.7 Å². The van der Waals surface area contributed by atoms with Crippen LogP contribution in [-0.4, -0.2) is 63.3 Å². The summed E-state index contributed by atoms with van der Waals surface area (Å²) in [5.41, 5.74) is -1.53. The van der Waals surface area contributed by atoms with Gasteiger partial charge in [-0.15, -0.1) is 0 Å². The highest BCUT2D eigenvalue weighted by molar-refractivity contribution is 5.86. The average molecular weight is 425 g/mol. The van der Waals surface area contributed by atoms with Crippen LogP contribution < -0.4 is 0 Å². The predicted octanol–water partition coefficient (Wildman–Crippen LogP) is 1.51. The Morgan fingerprint density at radius 1 is 0.867 bits per heavy atom. The second-order valence-electron chi connectivity index (χ2n) is 11.2. The molecule has 5 N–H and O–H groups in total. The Morgan fingerprint density at radius 3 is 2.10 bits per heavy atom. The number of Topliss-reactive ketones (excluding diaryl/α,β-unsaturated/α-hetero) is 1. The molecule has 9 atom stereocenters. The summed E-state index contributed by atoms with van der Waals surface area (Å²) >= 11 is 0. The summed E-state index contributed by atoms with van der Waals surface area (Å²) in [6.45, 7) is 3.34. The minimum Gasteiger partial charge on any atom is -0.396 e. The molecule has 4 fully saturated rings.